The molecule has 0 aliphatic rings. The molecular weight excluding hydrogens is 420 g/mol. The SMILES string of the molecule is O=C(OCc1ccccc1)c1cnn(C(c2ccccc2)(c2ccccc2)c2ccccc2)c1. The van der Waals surface area contributed by atoms with Crippen LogP contribution in [0.3, 0.4) is 0 Å². The topological polar surface area (TPSA) is 44.1 Å². The van der Waals surface area contributed by atoms with Crippen LogP contribution in [0.15, 0.2) is 134 Å². The predicted molar refractivity (Wildman–Crippen MR) is 132 cm³/mol. The molecule has 0 fully saturated rings. The number of aromatic nitrogens is 2. The summed E-state index contributed by atoms with van der Waals surface area (Å²) in [5, 5.41) is 4.71. The van der Waals surface area contributed by atoms with Crippen molar-refractivity contribution in [3.63, 3.8) is 0 Å². The first-order valence-electron chi connectivity index (χ1n) is 11.2. The molecule has 4 aromatic carbocycles. The Morgan fingerprint density at radius 3 is 1.59 bits per heavy atom. The molecule has 1 aromatic heterocycles. The molecule has 166 valence electrons. The minimum absolute atomic E-state index is 0.214. The van der Waals surface area contributed by atoms with Gasteiger partial charge in [-0.15, -0.1) is 0 Å². The van der Waals surface area contributed by atoms with Gasteiger partial charge in [0, 0.05) is 6.20 Å². The zero-order chi connectivity index (χ0) is 23.2. The van der Waals surface area contributed by atoms with Crippen LogP contribution in [0.4, 0.5) is 0 Å². The number of carbonyl (C=O) groups excluding carboxylic acids is 1. The van der Waals surface area contributed by atoms with Crippen molar-refractivity contribution in [1.29, 1.82) is 0 Å². The van der Waals surface area contributed by atoms with Crippen molar-refractivity contribution < 1.29 is 9.53 Å². The fourth-order valence-corrected chi connectivity index (χ4v) is 4.35. The second kappa shape index (κ2) is 9.59. The monoisotopic (exact) mass is 444 g/mol. The molecule has 0 bridgehead atoms. The van der Waals surface area contributed by atoms with Gasteiger partial charge in [0.25, 0.3) is 0 Å². The molecule has 5 aromatic rings. The Kier molecular flexibility index (Phi) is 6.04. The van der Waals surface area contributed by atoms with E-state index in [1.54, 1.807) is 12.4 Å². The van der Waals surface area contributed by atoms with Gasteiger partial charge in [-0.3, -0.25) is 4.68 Å². The summed E-state index contributed by atoms with van der Waals surface area (Å²) in [6.45, 7) is 0.214. The molecule has 0 unspecified atom stereocenters. The number of esters is 1. The number of ether oxygens (including phenoxy) is 1. The van der Waals surface area contributed by atoms with Gasteiger partial charge < -0.3 is 4.74 Å². The van der Waals surface area contributed by atoms with Gasteiger partial charge >= 0.3 is 5.97 Å². The van der Waals surface area contributed by atoms with E-state index in [1.165, 1.54) is 0 Å². The zero-order valence-electron chi connectivity index (χ0n) is 18.6. The highest BCUT2D eigenvalue weighted by molar-refractivity contribution is 5.88. The van der Waals surface area contributed by atoms with E-state index in [1.807, 2.05) is 89.6 Å². The largest absolute Gasteiger partial charge is 0.457 e. The van der Waals surface area contributed by atoms with Crippen molar-refractivity contribution in [2.45, 2.75) is 12.1 Å². The molecule has 1 heterocycles. The van der Waals surface area contributed by atoms with Crippen LogP contribution in [0.25, 0.3) is 0 Å². The summed E-state index contributed by atoms with van der Waals surface area (Å²) >= 11 is 0. The molecule has 0 aliphatic carbocycles. The fraction of sp³-hybridized carbons (Fsp3) is 0.0667. The normalized spacial score (nSPS) is 11.2. The van der Waals surface area contributed by atoms with Crippen molar-refractivity contribution in [3.8, 4) is 0 Å². The van der Waals surface area contributed by atoms with Gasteiger partial charge in [0.15, 0.2) is 0 Å². The second-order valence-corrected chi connectivity index (χ2v) is 8.04. The van der Waals surface area contributed by atoms with E-state index in [4.69, 9.17) is 9.84 Å². The van der Waals surface area contributed by atoms with Gasteiger partial charge in [0.1, 0.15) is 12.1 Å². The highest BCUT2D eigenvalue weighted by Gasteiger charge is 2.39. The van der Waals surface area contributed by atoms with Crippen LogP contribution in [-0.2, 0) is 16.9 Å². The van der Waals surface area contributed by atoms with Crippen LogP contribution in [0, 0.1) is 0 Å². The van der Waals surface area contributed by atoms with Crippen molar-refractivity contribution in [3.05, 3.63) is 162 Å². The van der Waals surface area contributed by atoms with Gasteiger partial charge in [-0.25, -0.2) is 4.79 Å². The maximum Gasteiger partial charge on any atom is 0.341 e. The maximum absolute atomic E-state index is 12.9. The highest BCUT2D eigenvalue weighted by Crippen LogP contribution is 2.40. The predicted octanol–water partition coefficient (Wildman–Crippen LogP) is 6.08. The number of carbonyl (C=O) groups is 1. The Morgan fingerprint density at radius 2 is 1.12 bits per heavy atom. The van der Waals surface area contributed by atoms with Crippen LogP contribution in [0.1, 0.15) is 32.6 Å². The molecule has 0 radical (unpaired) electrons. The Labute approximate surface area is 199 Å². The molecule has 0 aliphatic heterocycles. The van der Waals surface area contributed by atoms with Gasteiger partial charge in [0.2, 0.25) is 0 Å². The van der Waals surface area contributed by atoms with Gasteiger partial charge in [-0.05, 0) is 22.3 Å². The average molecular weight is 445 g/mol. The Hall–Kier alpha value is -4.44. The number of nitrogens with zero attached hydrogens (tertiary/aromatic N) is 2. The number of hydrogen-bond donors (Lipinski definition) is 0. The third-order valence-corrected chi connectivity index (χ3v) is 5.95. The number of hydrogen-bond acceptors (Lipinski definition) is 3. The van der Waals surface area contributed by atoms with Crippen LogP contribution < -0.4 is 0 Å². The molecule has 0 saturated heterocycles. The van der Waals surface area contributed by atoms with Gasteiger partial charge in [0.05, 0.1) is 11.8 Å². The third kappa shape index (κ3) is 4.02. The Morgan fingerprint density at radius 1 is 0.676 bits per heavy atom. The maximum atomic E-state index is 12.9. The lowest BCUT2D eigenvalue weighted by Crippen LogP contribution is -2.38. The standard InChI is InChI=1S/C30H24N2O2/c33-29(34-23-24-13-5-1-6-14-24)25-21-31-32(22-25)30(26-15-7-2-8-16-26,27-17-9-3-10-18-27)28-19-11-4-12-20-28/h1-22H,23H2. The minimum Gasteiger partial charge on any atom is -0.457 e. The summed E-state index contributed by atoms with van der Waals surface area (Å²) in [5.74, 6) is -0.404. The van der Waals surface area contributed by atoms with Crippen molar-refractivity contribution in [2.75, 3.05) is 0 Å². The lowest BCUT2D eigenvalue weighted by Gasteiger charge is -2.36. The van der Waals surface area contributed by atoms with Crippen LogP contribution in [-0.4, -0.2) is 15.7 Å². The summed E-state index contributed by atoms with van der Waals surface area (Å²) in [5.41, 5.74) is 3.71. The lowest BCUT2D eigenvalue weighted by atomic mass is 9.77. The molecule has 0 atom stereocenters. The van der Waals surface area contributed by atoms with Crippen LogP contribution in [0.2, 0.25) is 0 Å². The molecule has 4 nitrogen and oxygen atoms in total. The molecule has 0 N–H and O–H groups in total. The van der Waals surface area contributed by atoms with Crippen LogP contribution in [0.5, 0.6) is 0 Å². The summed E-state index contributed by atoms with van der Waals surface area (Å²) in [4.78, 5) is 12.9. The summed E-state index contributed by atoms with van der Waals surface area (Å²) in [6, 6.07) is 40.3. The summed E-state index contributed by atoms with van der Waals surface area (Å²) < 4.78 is 7.43. The first kappa shape index (κ1) is 21.4. The van der Waals surface area contributed by atoms with E-state index in [2.05, 4.69) is 36.4 Å². The quantitative estimate of drug-likeness (QED) is 0.226. The van der Waals surface area contributed by atoms with E-state index in [0.717, 1.165) is 22.3 Å². The van der Waals surface area contributed by atoms with Crippen molar-refractivity contribution in [1.82, 2.24) is 9.78 Å². The van der Waals surface area contributed by atoms with Crippen molar-refractivity contribution >= 4 is 5.97 Å². The van der Waals surface area contributed by atoms with E-state index in [9.17, 15) is 4.79 Å². The molecule has 4 heteroatoms. The molecule has 0 amide bonds. The molecule has 5 rings (SSSR count). The Bertz CT molecular complexity index is 1250. The Balaban J connectivity index is 1.61. The minimum atomic E-state index is -0.762. The first-order valence-corrected chi connectivity index (χ1v) is 11.2. The third-order valence-electron chi connectivity index (χ3n) is 5.95. The molecular formula is C30H24N2O2. The van der Waals surface area contributed by atoms with Gasteiger partial charge in [-0.2, -0.15) is 5.10 Å². The van der Waals surface area contributed by atoms with Gasteiger partial charge in [-0.1, -0.05) is 121 Å². The number of benzene rings is 4. The van der Waals surface area contributed by atoms with E-state index in [0.29, 0.717) is 5.56 Å². The fourth-order valence-electron chi connectivity index (χ4n) is 4.35. The summed E-state index contributed by atoms with van der Waals surface area (Å²) in [7, 11) is 0. The van der Waals surface area contributed by atoms with E-state index < -0.39 is 11.5 Å². The second-order valence-electron chi connectivity index (χ2n) is 8.04. The van der Waals surface area contributed by atoms with Crippen LogP contribution >= 0.6 is 0 Å². The van der Waals surface area contributed by atoms with E-state index >= 15 is 0 Å². The molecule has 0 saturated carbocycles. The van der Waals surface area contributed by atoms with Crippen molar-refractivity contribution in [2.24, 2.45) is 0 Å². The molecule has 34 heavy (non-hydrogen) atoms. The van der Waals surface area contributed by atoms with E-state index in [-0.39, 0.29) is 6.61 Å². The summed E-state index contributed by atoms with van der Waals surface area (Å²) in [6.07, 6.45) is 3.36. The zero-order valence-corrected chi connectivity index (χ0v) is 18.6. The number of rotatable bonds is 7. The lowest BCUT2D eigenvalue weighted by molar-refractivity contribution is 0.0472. The highest BCUT2D eigenvalue weighted by atomic mass is 16.5. The first-order chi connectivity index (χ1) is 16.8. The molecule has 0 spiro atoms. The smallest absolute Gasteiger partial charge is 0.341 e. The average Bonchev–Trinajstić information content (AvgIpc) is 3.41.